The van der Waals surface area contributed by atoms with E-state index in [1.165, 1.54) is 13.0 Å². The van der Waals surface area contributed by atoms with Crippen LogP contribution in [0.3, 0.4) is 0 Å². The van der Waals surface area contributed by atoms with Crippen molar-refractivity contribution in [1.29, 1.82) is 0 Å². The number of imide groups is 1. The number of amides is 2. The fourth-order valence-electron chi connectivity index (χ4n) is 3.59. The molecule has 0 spiro atoms. The third kappa shape index (κ3) is 4.18. The summed E-state index contributed by atoms with van der Waals surface area (Å²) in [4.78, 5) is 49.2. The van der Waals surface area contributed by atoms with E-state index >= 15 is 0 Å². The number of carbonyl (C=O) groups is 3. The average molecular weight is 458 g/mol. The van der Waals surface area contributed by atoms with Crippen LogP contribution in [0.2, 0.25) is 0 Å². The number of hydrogen-bond acceptors (Lipinski definition) is 7. The van der Waals surface area contributed by atoms with Crippen LogP contribution in [0.15, 0.2) is 29.2 Å². The standard InChI is InChI=1S/C22H23N3O6S/c1-6-31-21(27)15(5)24-20(26)19(32-22(24)28)10-16-9-13(3)23(14(16)4)17-8-7-12(2)18(11-17)25(29)30/h7-11,15H,6H2,1-5H3/b19-10+/t15-/m0/s1. The lowest BCUT2D eigenvalue weighted by molar-refractivity contribution is -0.385. The van der Waals surface area contributed by atoms with Gasteiger partial charge in [0, 0.05) is 23.0 Å². The Labute approximate surface area is 189 Å². The number of hydrogen-bond donors (Lipinski definition) is 0. The minimum Gasteiger partial charge on any atom is -0.464 e. The number of nitro benzene ring substituents is 1. The average Bonchev–Trinajstić information content (AvgIpc) is 3.16. The van der Waals surface area contributed by atoms with Gasteiger partial charge < -0.3 is 9.30 Å². The summed E-state index contributed by atoms with van der Waals surface area (Å²) < 4.78 is 6.77. The highest BCUT2D eigenvalue weighted by atomic mass is 32.2. The zero-order valence-electron chi connectivity index (χ0n) is 18.4. The molecule has 0 saturated carbocycles. The molecule has 32 heavy (non-hydrogen) atoms. The number of benzene rings is 1. The van der Waals surface area contributed by atoms with Gasteiger partial charge in [-0.05, 0) is 70.2 Å². The summed E-state index contributed by atoms with van der Waals surface area (Å²) in [5.41, 5.74) is 3.47. The van der Waals surface area contributed by atoms with Crippen LogP contribution in [-0.2, 0) is 14.3 Å². The number of aryl methyl sites for hydroxylation is 2. The summed E-state index contributed by atoms with van der Waals surface area (Å²) in [6.45, 7) is 8.61. The van der Waals surface area contributed by atoms with E-state index in [1.54, 1.807) is 32.1 Å². The second kappa shape index (κ2) is 8.99. The van der Waals surface area contributed by atoms with E-state index < -0.39 is 28.1 Å². The van der Waals surface area contributed by atoms with Crippen molar-refractivity contribution in [3.05, 3.63) is 61.8 Å². The Bertz CT molecular complexity index is 1170. The molecule has 0 radical (unpaired) electrons. The monoisotopic (exact) mass is 457 g/mol. The van der Waals surface area contributed by atoms with Crippen LogP contribution in [0.25, 0.3) is 11.8 Å². The van der Waals surface area contributed by atoms with E-state index in [9.17, 15) is 24.5 Å². The van der Waals surface area contributed by atoms with Gasteiger partial charge in [-0.15, -0.1) is 0 Å². The molecule has 1 fully saturated rings. The van der Waals surface area contributed by atoms with Crippen molar-refractivity contribution in [2.45, 2.75) is 40.7 Å². The third-order valence-corrected chi connectivity index (χ3v) is 6.13. The van der Waals surface area contributed by atoms with Crippen molar-refractivity contribution in [2.75, 3.05) is 6.61 Å². The van der Waals surface area contributed by atoms with E-state index in [4.69, 9.17) is 4.74 Å². The van der Waals surface area contributed by atoms with Crippen molar-refractivity contribution in [3.8, 4) is 5.69 Å². The molecule has 0 N–H and O–H groups in total. The van der Waals surface area contributed by atoms with Crippen molar-refractivity contribution in [1.82, 2.24) is 9.47 Å². The van der Waals surface area contributed by atoms with Gasteiger partial charge in [0.05, 0.1) is 22.1 Å². The van der Waals surface area contributed by atoms with E-state index in [1.807, 2.05) is 24.5 Å². The first-order chi connectivity index (χ1) is 15.1. The number of nitro groups is 1. The number of rotatable bonds is 6. The van der Waals surface area contributed by atoms with Crippen LogP contribution in [0.1, 0.15) is 36.4 Å². The number of esters is 1. The maximum absolute atomic E-state index is 12.8. The summed E-state index contributed by atoms with van der Waals surface area (Å²) in [5, 5.41) is 10.8. The van der Waals surface area contributed by atoms with Crippen molar-refractivity contribution >= 4 is 40.6 Å². The SMILES string of the molecule is CCOC(=O)[C@H](C)N1C(=O)S/C(=C/c2cc(C)n(-c3ccc(C)c([N+](=O)[O-])c3)c2C)C1=O. The smallest absolute Gasteiger partial charge is 0.329 e. The molecule has 1 aromatic heterocycles. The molecule has 1 saturated heterocycles. The Morgan fingerprint density at radius 1 is 1.25 bits per heavy atom. The summed E-state index contributed by atoms with van der Waals surface area (Å²) >= 11 is 0.761. The first-order valence-corrected chi connectivity index (χ1v) is 10.8. The van der Waals surface area contributed by atoms with Gasteiger partial charge in [0.1, 0.15) is 6.04 Å². The Kier molecular flexibility index (Phi) is 6.54. The van der Waals surface area contributed by atoms with Gasteiger partial charge in [0.25, 0.3) is 16.8 Å². The molecule has 1 aromatic carbocycles. The molecular weight excluding hydrogens is 434 g/mol. The van der Waals surface area contributed by atoms with Gasteiger partial charge in [0.2, 0.25) is 0 Å². The molecule has 1 atom stereocenters. The number of ether oxygens (including phenoxy) is 1. The maximum Gasteiger partial charge on any atom is 0.329 e. The van der Waals surface area contributed by atoms with Crippen LogP contribution in [0.4, 0.5) is 10.5 Å². The van der Waals surface area contributed by atoms with E-state index in [-0.39, 0.29) is 17.2 Å². The Balaban J connectivity index is 1.97. The van der Waals surface area contributed by atoms with Gasteiger partial charge >= 0.3 is 5.97 Å². The zero-order chi connectivity index (χ0) is 23.7. The van der Waals surface area contributed by atoms with Crippen molar-refractivity contribution in [2.24, 2.45) is 0 Å². The van der Waals surface area contributed by atoms with Crippen LogP contribution in [0, 0.1) is 30.9 Å². The molecule has 168 valence electrons. The van der Waals surface area contributed by atoms with Gasteiger partial charge in [-0.2, -0.15) is 0 Å². The Hall–Kier alpha value is -3.40. The minimum absolute atomic E-state index is 0.0191. The predicted octanol–water partition coefficient (Wildman–Crippen LogP) is 4.30. The molecule has 2 amide bonds. The van der Waals surface area contributed by atoms with Crippen LogP contribution in [0.5, 0.6) is 0 Å². The Morgan fingerprint density at radius 2 is 1.94 bits per heavy atom. The van der Waals surface area contributed by atoms with Gasteiger partial charge in [-0.3, -0.25) is 24.6 Å². The minimum atomic E-state index is -1.02. The first-order valence-electron chi connectivity index (χ1n) is 9.94. The predicted molar refractivity (Wildman–Crippen MR) is 121 cm³/mol. The van der Waals surface area contributed by atoms with Gasteiger partial charge in [0.15, 0.2) is 0 Å². The molecule has 1 aliphatic heterocycles. The largest absolute Gasteiger partial charge is 0.464 e. The Morgan fingerprint density at radius 3 is 2.56 bits per heavy atom. The van der Waals surface area contributed by atoms with E-state index in [0.717, 1.165) is 28.0 Å². The van der Waals surface area contributed by atoms with Gasteiger partial charge in [-0.25, -0.2) is 4.79 Å². The topological polar surface area (TPSA) is 112 Å². The third-order valence-electron chi connectivity index (χ3n) is 5.24. The molecule has 9 nitrogen and oxygen atoms in total. The van der Waals surface area contributed by atoms with Crippen molar-refractivity contribution < 1.29 is 24.0 Å². The first kappa shape index (κ1) is 23.3. The normalized spacial score (nSPS) is 16.0. The van der Waals surface area contributed by atoms with E-state index in [0.29, 0.717) is 16.8 Å². The fraction of sp³-hybridized carbons (Fsp3) is 0.318. The summed E-state index contributed by atoms with van der Waals surface area (Å²) in [6, 6.07) is 5.81. The summed E-state index contributed by atoms with van der Waals surface area (Å²) in [5.74, 6) is -1.20. The number of carbonyl (C=O) groups excluding carboxylic acids is 3. The molecule has 0 bridgehead atoms. The molecule has 3 rings (SSSR count). The van der Waals surface area contributed by atoms with Gasteiger partial charge in [-0.1, -0.05) is 6.07 Å². The molecule has 0 unspecified atom stereocenters. The number of thioether (sulfide) groups is 1. The molecule has 2 aromatic rings. The fourth-order valence-corrected chi connectivity index (χ4v) is 4.49. The van der Waals surface area contributed by atoms with Crippen LogP contribution < -0.4 is 0 Å². The van der Waals surface area contributed by atoms with E-state index in [2.05, 4.69) is 0 Å². The molecule has 2 heterocycles. The highest BCUT2D eigenvalue weighted by Gasteiger charge is 2.41. The van der Waals surface area contributed by atoms with Crippen LogP contribution in [-0.4, -0.2) is 44.2 Å². The molecule has 10 heteroatoms. The summed E-state index contributed by atoms with van der Waals surface area (Å²) in [6.07, 6.45) is 1.60. The zero-order valence-corrected chi connectivity index (χ0v) is 19.2. The second-order valence-corrected chi connectivity index (χ2v) is 8.36. The number of aromatic nitrogens is 1. The highest BCUT2D eigenvalue weighted by Crippen LogP contribution is 2.35. The molecular formula is C22H23N3O6S. The highest BCUT2D eigenvalue weighted by molar-refractivity contribution is 8.18. The molecule has 1 aliphatic rings. The van der Waals surface area contributed by atoms with Crippen LogP contribution >= 0.6 is 11.8 Å². The number of nitrogens with zero attached hydrogens (tertiary/aromatic N) is 3. The van der Waals surface area contributed by atoms with Crippen molar-refractivity contribution in [3.63, 3.8) is 0 Å². The lowest BCUT2D eigenvalue weighted by Crippen LogP contribution is -2.42. The summed E-state index contributed by atoms with van der Waals surface area (Å²) in [7, 11) is 0. The quantitative estimate of drug-likeness (QED) is 0.275. The lowest BCUT2D eigenvalue weighted by atomic mass is 10.1. The molecule has 0 aliphatic carbocycles. The second-order valence-electron chi connectivity index (χ2n) is 7.37. The maximum atomic E-state index is 12.8. The lowest BCUT2D eigenvalue weighted by Gasteiger charge is -2.19.